The highest BCUT2D eigenvalue weighted by Crippen LogP contribution is 2.30. The Hall–Kier alpha value is -0.860. The lowest BCUT2D eigenvalue weighted by atomic mass is 9.98. The third kappa shape index (κ3) is 2.76. The fraction of sp³-hybridized carbons (Fsp3) is 0.625. The third-order valence-electron chi connectivity index (χ3n) is 4.24. The molecule has 2 heteroatoms. The van der Waals surface area contributed by atoms with E-state index in [2.05, 4.69) is 18.7 Å². The first-order valence-corrected chi connectivity index (χ1v) is 7.26. The van der Waals surface area contributed by atoms with Crippen LogP contribution in [0.3, 0.4) is 0 Å². The molecule has 0 amide bonds. The van der Waals surface area contributed by atoms with Crippen molar-refractivity contribution in [2.75, 3.05) is 6.54 Å². The number of likely N-dealkylation sites (tertiary alicyclic amines) is 1. The molecule has 0 saturated carbocycles. The highest BCUT2D eigenvalue weighted by atomic mass is 16.3. The van der Waals surface area contributed by atoms with Gasteiger partial charge in [-0.3, -0.25) is 4.90 Å². The SMILES string of the molecule is CCC1CCCN1C(CC)C(O)c1ccccc1. The molecule has 0 bridgehead atoms. The number of rotatable bonds is 5. The normalized spacial score (nSPS) is 24.1. The van der Waals surface area contributed by atoms with Crippen molar-refractivity contribution in [1.82, 2.24) is 4.90 Å². The van der Waals surface area contributed by atoms with E-state index in [9.17, 15) is 5.11 Å². The molecule has 1 aliphatic rings. The van der Waals surface area contributed by atoms with Crippen molar-refractivity contribution in [3.05, 3.63) is 35.9 Å². The minimum absolute atomic E-state index is 0.264. The lowest BCUT2D eigenvalue weighted by Crippen LogP contribution is -2.42. The second-order valence-electron chi connectivity index (χ2n) is 5.27. The number of hydrogen-bond donors (Lipinski definition) is 1. The summed E-state index contributed by atoms with van der Waals surface area (Å²) in [6.45, 7) is 5.58. The van der Waals surface area contributed by atoms with Crippen LogP contribution in [-0.2, 0) is 0 Å². The molecule has 0 aliphatic carbocycles. The van der Waals surface area contributed by atoms with Gasteiger partial charge in [0.25, 0.3) is 0 Å². The van der Waals surface area contributed by atoms with Crippen LogP contribution in [0.4, 0.5) is 0 Å². The quantitative estimate of drug-likeness (QED) is 0.862. The molecule has 1 N–H and O–H groups in total. The monoisotopic (exact) mass is 247 g/mol. The summed E-state index contributed by atoms with van der Waals surface area (Å²) in [5, 5.41) is 10.6. The first kappa shape index (κ1) is 13.6. The van der Waals surface area contributed by atoms with Crippen LogP contribution in [0.2, 0.25) is 0 Å². The fourth-order valence-electron chi connectivity index (χ4n) is 3.24. The lowest BCUT2D eigenvalue weighted by molar-refractivity contribution is 0.0374. The van der Waals surface area contributed by atoms with Gasteiger partial charge in [-0.2, -0.15) is 0 Å². The Kier molecular flexibility index (Phi) is 4.79. The molecule has 1 fully saturated rings. The summed E-state index contributed by atoms with van der Waals surface area (Å²) in [4.78, 5) is 2.53. The molecule has 1 saturated heterocycles. The molecule has 3 unspecified atom stereocenters. The molecule has 1 heterocycles. The van der Waals surface area contributed by atoms with Gasteiger partial charge in [0.1, 0.15) is 0 Å². The van der Waals surface area contributed by atoms with E-state index in [1.54, 1.807) is 0 Å². The Balaban J connectivity index is 2.13. The first-order chi connectivity index (χ1) is 8.77. The molecule has 0 spiro atoms. The van der Waals surface area contributed by atoms with E-state index in [1.165, 1.54) is 19.3 Å². The summed E-state index contributed by atoms with van der Waals surface area (Å²) in [6.07, 6.45) is 4.40. The summed E-state index contributed by atoms with van der Waals surface area (Å²) in [5.41, 5.74) is 1.05. The van der Waals surface area contributed by atoms with Gasteiger partial charge < -0.3 is 5.11 Å². The molecule has 2 nitrogen and oxygen atoms in total. The van der Waals surface area contributed by atoms with Crippen LogP contribution in [-0.4, -0.2) is 28.6 Å². The van der Waals surface area contributed by atoms with E-state index < -0.39 is 0 Å². The second-order valence-corrected chi connectivity index (χ2v) is 5.27. The number of aliphatic hydroxyl groups excluding tert-OH is 1. The summed E-state index contributed by atoms with van der Waals surface area (Å²) < 4.78 is 0. The largest absolute Gasteiger partial charge is 0.387 e. The third-order valence-corrected chi connectivity index (χ3v) is 4.24. The minimum Gasteiger partial charge on any atom is -0.387 e. The zero-order chi connectivity index (χ0) is 13.0. The van der Waals surface area contributed by atoms with Crippen LogP contribution in [0.5, 0.6) is 0 Å². The van der Waals surface area contributed by atoms with Gasteiger partial charge in [0.15, 0.2) is 0 Å². The Bertz CT molecular complexity index is 351. The Labute approximate surface area is 111 Å². The predicted molar refractivity (Wildman–Crippen MR) is 75.5 cm³/mol. The number of aliphatic hydroxyl groups is 1. The Morgan fingerprint density at radius 3 is 2.61 bits per heavy atom. The van der Waals surface area contributed by atoms with E-state index in [1.807, 2.05) is 30.3 Å². The average molecular weight is 247 g/mol. The van der Waals surface area contributed by atoms with Crippen LogP contribution < -0.4 is 0 Å². The predicted octanol–water partition coefficient (Wildman–Crippen LogP) is 3.37. The van der Waals surface area contributed by atoms with Gasteiger partial charge in [0, 0.05) is 12.1 Å². The zero-order valence-corrected chi connectivity index (χ0v) is 11.5. The molecule has 0 aromatic heterocycles. The van der Waals surface area contributed by atoms with Crippen LogP contribution in [0, 0.1) is 0 Å². The van der Waals surface area contributed by atoms with Gasteiger partial charge >= 0.3 is 0 Å². The lowest BCUT2D eigenvalue weighted by Gasteiger charge is -2.35. The van der Waals surface area contributed by atoms with E-state index >= 15 is 0 Å². The Morgan fingerprint density at radius 2 is 2.00 bits per heavy atom. The zero-order valence-electron chi connectivity index (χ0n) is 11.5. The summed E-state index contributed by atoms with van der Waals surface area (Å²) in [6, 6.07) is 11.0. The van der Waals surface area contributed by atoms with E-state index in [4.69, 9.17) is 0 Å². The Morgan fingerprint density at radius 1 is 1.28 bits per heavy atom. The van der Waals surface area contributed by atoms with Crippen molar-refractivity contribution in [3.63, 3.8) is 0 Å². The maximum absolute atomic E-state index is 10.6. The van der Waals surface area contributed by atoms with Crippen molar-refractivity contribution in [3.8, 4) is 0 Å². The van der Waals surface area contributed by atoms with Gasteiger partial charge in [0.05, 0.1) is 6.10 Å². The van der Waals surface area contributed by atoms with Gasteiger partial charge in [-0.05, 0) is 37.8 Å². The molecule has 2 rings (SSSR count). The molecular formula is C16H25NO. The molecule has 100 valence electrons. The minimum atomic E-state index is -0.358. The maximum Gasteiger partial charge on any atom is 0.0945 e. The molecule has 1 aliphatic heterocycles. The van der Waals surface area contributed by atoms with Crippen LogP contribution in [0.1, 0.15) is 51.2 Å². The molecule has 1 aromatic rings. The van der Waals surface area contributed by atoms with Crippen molar-refractivity contribution < 1.29 is 5.11 Å². The van der Waals surface area contributed by atoms with Gasteiger partial charge in [-0.15, -0.1) is 0 Å². The molecule has 18 heavy (non-hydrogen) atoms. The van der Waals surface area contributed by atoms with Gasteiger partial charge in [0.2, 0.25) is 0 Å². The molecule has 1 aromatic carbocycles. The summed E-state index contributed by atoms with van der Waals surface area (Å²) >= 11 is 0. The first-order valence-electron chi connectivity index (χ1n) is 7.26. The van der Waals surface area contributed by atoms with E-state index in [0.29, 0.717) is 6.04 Å². The summed E-state index contributed by atoms with van der Waals surface area (Å²) in [5.74, 6) is 0. The van der Waals surface area contributed by atoms with Crippen molar-refractivity contribution >= 4 is 0 Å². The summed E-state index contributed by atoms with van der Waals surface area (Å²) in [7, 11) is 0. The number of benzene rings is 1. The van der Waals surface area contributed by atoms with E-state index in [-0.39, 0.29) is 12.1 Å². The van der Waals surface area contributed by atoms with Crippen molar-refractivity contribution in [2.45, 2.75) is 57.7 Å². The van der Waals surface area contributed by atoms with Crippen molar-refractivity contribution in [2.24, 2.45) is 0 Å². The standard InChI is InChI=1S/C16H25NO/c1-3-14-11-8-12-17(14)15(4-2)16(18)13-9-6-5-7-10-13/h5-7,9-10,14-16,18H,3-4,8,11-12H2,1-2H3. The number of hydrogen-bond acceptors (Lipinski definition) is 2. The highest BCUT2D eigenvalue weighted by molar-refractivity contribution is 5.19. The second kappa shape index (κ2) is 6.35. The highest BCUT2D eigenvalue weighted by Gasteiger charge is 2.33. The van der Waals surface area contributed by atoms with Gasteiger partial charge in [-0.1, -0.05) is 44.2 Å². The topological polar surface area (TPSA) is 23.5 Å². The van der Waals surface area contributed by atoms with Crippen LogP contribution >= 0.6 is 0 Å². The number of nitrogens with zero attached hydrogens (tertiary/aromatic N) is 1. The van der Waals surface area contributed by atoms with Gasteiger partial charge in [-0.25, -0.2) is 0 Å². The van der Waals surface area contributed by atoms with Crippen LogP contribution in [0.25, 0.3) is 0 Å². The van der Waals surface area contributed by atoms with E-state index in [0.717, 1.165) is 18.5 Å². The molecule has 3 atom stereocenters. The average Bonchev–Trinajstić information content (AvgIpc) is 2.89. The van der Waals surface area contributed by atoms with Crippen molar-refractivity contribution in [1.29, 1.82) is 0 Å². The smallest absolute Gasteiger partial charge is 0.0945 e. The molecule has 0 radical (unpaired) electrons. The fourth-order valence-corrected chi connectivity index (χ4v) is 3.24. The molecular weight excluding hydrogens is 222 g/mol. The van der Waals surface area contributed by atoms with Crippen LogP contribution in [0.15, 0.2) is 30.3 Å². The maximum atomic E-state index is 10.6.